The average molecular weight is 275 g/mol. The number of aliphatic hydroxyl groups is 1. The molecule has 0 bridgehead atoms. The summed E-state index contributed by atoms with van der Waals surface area (Å²) in [6.07, 6.45) is 0. The predicted octanol–water partition coefficient (Wildman–Crippen LogP) is 1.75. The van der Waals surface area contributed by atoms with E-state index in [1.165, 1.54) is 11.8 Å². The second-order valence-electron chi connectivity index (χ2n) is 4.20. The Balaban J connectivity index is 2.05. The molecule has 3 rings (SSSR count). The van der Waals surface area contributed by atoms with Crippen molar-refractivity contribution in [3.8, 4) is 0 Å². The highest BCUT2D eigenvalue weighted by Gasteiger charge is 2.36. The molecule has 0 saturated carbocycles. The number of aliphatic imine (C=N–C) groups is 1. The van der Waals surface area contributed by atoms with Gasteiger partial charge in [0.15, 0.2) is 11.8 Å². The normalized spacial score (nSPS) is 21.6. The van der Waals surface area contributed by atoms with E-state index in [0.29, 0.717) is 16.2 Å². The Hall–Kier alpha value is -2.08. The topological polar surface area (TPSA) is 87.0 Å². The number of thioether (sulfide) groups is 1. The number of carbonyl (C=O) groups is 2. The number of carboxylic acids is 1. The maximum absolute atomic E-state index is 12.2. The fourth-order valence-electron chi connectivity index (χ4n) is 2.10. The minimum absolute atomic E-state index is 0.113. The molecule has 96 valence electrons. The monoisotopic (exact) mass is 275 g/mol. The third-order valence-electron chi connectivity index (χ3n) is 3.04. The van der Waals surface area contributed by atoms with Crippen LogP contribution >= 0.6 is 11.8 Å². The third-order valence-corrected chi connectivity index (χ3v) is 4.11. The molecule has 1 aliphatic carbocycles. The second kappa shape index (κ2) is 4.24. The Kier molecular flexibility index (Phi) is 2.67. The van der Waals surface area contributed by atoms with Crippen molar-refractivity contribution >= 4 is 34.3 Å². The van der Waals surface area contributed by atoms with Crippen LogP contribution in [0.15, 0.2) is 34.8 Å². The van der Waals surface area contributed by atoms with Gasteiger partial charge in [-0.1, -0.05) is 24.3 Å². The standard InChI is InChI=1S/C13H9NO4S/c15-10-6-3-1-2-4-7(6)11(16)9(10)12-14-8(5-19-12)13(17)18/h1-4,8,15H,5H2,(H,17,18)/t8-/m0/s1. The summed E-state index contributed by atoms with van der Waals surface area (Å²) < 4.78 is 0. The Labute approximate surface area is 112 Å². The van der Waals surface area contributed by atoms with E-state index in [2.05, 4.69) is 4.99 Å². The van der Waals surface area contributed by atoms with Crippen molar-refractivity contribution in [3.63, 3.8) is 0 Å². The fraction of sp³-hybridized carbons (Fsp3) is 0.154. The van der Waals surface area contributed by atoms with Gasteiger partial charge in [0, 0.05) is 16.9 Å². The van der Waals surface area contributed by atoms with Gasteiger partial charge in [-0.15, -0.1) is 11.8 Å². The van der Waals surface area contributed by atoms with Gasteiger partial charge >= 0.3 is 5.97 Å². The van der Waals surface area contributed by atoms with Crippen molar-refractivity contribution in [3.05, 3.63) is 41.0 Å². The first-order valence-electron chi connectivity index (χ1n) is 5.60. The van der Waals surface area contributed by atoms with E-state index in [1.54, 1.807) is 24.3 Å². The zero-order chi connectivity index (χ0) is 13.6. The Bertz CT molecular complexity index is 662. The maximum Gasteiger partial charge on any atom is 0.329 e. The lowest BCUT2D eigenvalue weighted by Crippen LogP contribution is -2.17. The zero-order valence-electron chi connectivity index (χ0n) is 9.66. The minimum atomic E-state index is -1.02. The van der Waals surface area contributed by atoms with E-state index in [1.807, 2.05) is 0 Å². The molecule has 1 aromatic rings. The van der Waals surface area contributed by atoms with E-state index in [0.717, 1.165) is 0 Å². The van der Waals surface area contributed by atoms with Crippen LogP contribution in [0.5, 0.6) is 0 Å². The molecule has 0 unspecified atom stereocenters. The number of hydrogen-bond acceptors (Lipinski definition) is 5. The predicted molar refractivity (Wildman–Crippen MR) is 71.6 cm³/mol. The van der Waals surface area contributed by atoms with E-state index in [4.69, 9.17) is 5.11 Å². The summed E-state index contributed by atoms with van der Waals surface area (Å²) in [7, 11) is 0. The highest BCUT2D eigenvalue weighted by atomic mass is 32.2. The first kappa shape index (κ1) is 12.0. The van der Waals surface area contributed by atoms with Gasteiger partial charge in [0.1, 0.15) is 10.8 Å². The summed E-state index contributed by atoms with van der Waals surface area (Å²) >= 11 is 1.18. The molecule has 6 heteroatoms. The highest BCUT2D eigenvalue weighted by Crippen LogP contribution is 2.36. The van der Waals surface area contributed by atoms with Crippen molar-refractivity contribution < 1.29 is 19.8 Å². The van der Waals surface area contributed by atoms with Crippen LogP contribution in [0.3, 0.4) is 0 Å². The lowest BCUT2D eigenvalue weighted by Gasteiger charge is -1.99. The van der Waals surface area contributed by atoms with Crippen molar-refractivity contribution in [1.29, 1.82) is 0 Å². The van der Waals surface area contributed by atoms with Crippen LogP contribution in [-0.2, 0) is 4.79 Å². The largest absolute Gasteiger partial charge is 0.506 e. The van der Waals surface area contributed by atoms with Gasteiger partial charge in [-0.2, -0.15) is 0 Å². The molecule has 1 atom stereocenters. The number of rotatable bonds is 2. The molecule has 2 N–H and O–H groups in total. The van der Waals surface area contributed by atoms with E-state index >= 15 is 0 Å². The van der Waals surface area contributed by atoms with Crippen molar-refractivity contribution in [1.82, 2.24) is 0 Å². The average Bonchev–Trinajstić information content (AvgIpc) is 2.96. The van der Waals surface area contributed by atoms with Gasteiger partial charge in [-0.3, -0.25) is 9.79 Å². The fourth-order valence-corrected chi connectivity index (χ4v) is 3.17. The molecule has 0 amide bonds. The molecule has 1 heterocycles. The van der Waals surface area contributed by atoms with Crippen molar-refractivity contribution in [2.75, 3.05) is 5.75 Å². The number of benzene rings is 1. The van der Waals surface area contributed by atoms with Gasteiger partial charge in [-0.25, -0.2) is 4.79 Å². The summed E-state index contributed by atoms with van der Waals surface area (Å²) in [5, 5.41) is 19.3. The molecular weight excluding hydrogens is 266 g/mol. The molecule has 0 radical (unpaired) electrons. The Morgan fingerprint density at radius 1 is 1.32 bits per heavy atom. The van der Waals surface area contributed by atoms with Gasteiger partial charge in [0.25, 0.3) is 0 Å². The summed E-state index contributed by atoms with van der Waals surface area (Å²) in [6, 6.07) is 5.89. The van der Waals surface area contributed by atoms with Gasteiger partial charge in [-0.05, 0) is 0 Å². The molecule has 5 nitrogen and oxygen atoms in total. The Morgan fingerprint density at radius 2 is 2.00 bits per heavy atom. The highest BCUT2D eigenvalue weighted by molar-refractivity contribution is 8.14. The van der Waals surface area contributed by atoms with E-state index in [-0.39, 0.29) is 22.9 Å². The second-order valence-corrected chi connectivity index (χ2v) is 5.21. The number of nitrogens with zero attached hydrogens (tertiary/aromatic N) is 1. The summed E-state index contributed by atoms with van der Waals surface area (Å²) in [5.74, 6) is -1.15. The molecule has 0 fully saturated rings. The molecule has 1 aromatic carbocycles. The van der Waals surface area contributed by atoms with Crippen LogP contribution in [0.1, 0.15) is 15.9 Å². The first-order valence-corrected chi connectivity index (χ1v) is 6.59. The van der Waals surface area contributed by atoms with Gasteiger partial charge in [0.05, 0.1) is 5.57 Å². The number of aliphatic carboxylic acids is 1. The number of Topliss-reactive ketones (excluding diaryl/α,β-unsaturated/α-hetero) is 1. The number of fused-ring (bicyclic) bond motifs is 1. The summed E-state index contributed by atoms with van der Waals surface area (Å²) in [4.78, 5) is 27.1. The van der Waals surface area contributed by atoms with Gasteiger partial charge in [0.2, 0.25) is 0 Å². The lowest BCUT2D eigenvalue weighted by atomic mass is 10.1. The van der Waals surface area contributed by atoms with Crippen LogP contribution in [0, 0.1) is 0 Å². The van der Waals surface area contributed by atoms with E-state index in [9.17, 15) is 14.7 Å². The number of carboxylic acid groups (broad SMARTS) is 1. The molecular formula is C13H9NO4S. The number of aliphatic hydroxyl groups excluding tert-OH is 1. The number of ketones is 1. The molecule has 0 spiro atoms. The first-order chi connectivity index (χ1) is 9.09. The van der Waals surface area contributed by atoms with Crippen LogP contribution < -0.4 is 0 Å². The Morgan fingerprint density at radius 3 is 2.58 bits per heavy atom. The van der Waals surface area contributed by atoms with Crippen molar-refractivity contribution in [2.24, 2.45) is 4.99 Å². The number of hydrogen-bond donors (Lipinski definition) is 2. The molecule has 1 aliphatic heterocycles. The summed E-state index contributed by atoms with van der Waals surface area (Å²) in [6.45, 7) is 0. The van der Waals surface area contributed by atoms with E-state index < -0.39 is 12.0 Å². The molecule has 0 aromatic heterocycles. The summed E-state index contributed by atoms with van der Waals surface area (Å²) in [5.41, 5.74) is 1.02. The third kappa shape index (κ3) is 1.76. The lowest BCUT2D eigenvalue weighted by molar-refractivity contribution is -0.137. The smallest absolute Gasteiger partial charge is 0.329 e. The van der Waals surface area contributed by atoms with Crippen LogP contribution in [0.25, 0.3) is 5.76 Å². The zero-order valence-corrected chi connectivity index (χ0v) is 10.5. The molecule has 19 heavy (non-hydrogen) atoms. The van der Waals surface area contributed by atoms with Crippen molar-refractivity contribution in [2.45, 2.75) is 6.04 Å². The molecule has 2 aliphatic rings. The molecule has 0 saturated heterocycles. The van der Waals surface area contributed by atoms with Gasteiger partial charge < -0.3 is 10.2 Å². The van der Waals surface area contributed by atoms with Crippen LogP contribution in [0.2, 0.25) is 0 Å². The minimum Gasteiger partial charge on any atom is -0.506 e. The van der Waals surface area contributed by atoms with Crippen LogP contribution in [-0.4, -0.2) is 38.8 Å². The van der Waals surface area contributed by atoms with Crippen LogP contribution in [0.4, 0.5) is 0 Å². The number of carbonyl (C=O) groups excluding carboxylic acids is 1. The maximum atomic E-state index is 12.2. The SMILES string of the molecule is O=C1C(C2=N[C@H](C(=O)O)CS2)=C(O)c2ccccc21. The quantitative estimate of drug-likeness (QED) is 0.858.